The van der Waals surface area contributed by atoms with E-state index >= 15 is 0 Å². The molecule has 0 spiro atoms. The van der Waals surface area contributed by atoms with E-state index in [1.54, 1.807) is 37.3 Å². The normalized spacial score (nSPS) is 10.2. The number of nitrogens with zero attached hydrogens (tertiary/aromatic N) is 5. The molecule has 4 rings (SSSR count). The zero-order valence-electron chi connectivity index (χ0n) is 20.9. The number of H-pyrrole nitrogens is 1. The topological polar surface area (TPSA) is 183 Å². The summed E-state index contributed by atoms with van der Waals surface area (Å²) in [6.45, 7) is 5.42. The summed E-state index contributed by atoms with van der Waals surface area (Å²) in [7, 11) is 1.48. The standard InChI is InChI=1S/C8H7NS.C7H8O2S.C5H6N4.C5H7N3/c1-6-9-7-4-2-3-5-8(7)10-6;1-8-9-10-7-5-3-2-4-6-7;1-3-4(2-6)5(7)9-8-3;1-4(8)5(2-6)3-7/h2-5H,1H3;2-6H,1H3;1H3,(H3,7,8,9);4-5H,8H2,1H3. The minimum Gasteiger partial charge on any atom is -0.381 e. The van der Waals surface area contributed by atoms with Crippen molar-refractivity contribution in [1.29, 1.82) is 15.8 Å². The van der Waals surface area contributed by atoms with Gasteiger partial charge in [-0.05, 0) is 45.0 Å². The first-order chi connectivity index (χ1) is 17.8. The Hall–Kier alpha value is -3.96. The van der Waals surface area contributed by atoms with Crippen molar-refractivity contribution in [2.45, 2.75) is 31.7 Å². The van der Waals surface area contributed by atoms with E-state index in [0.29, 0.717) is 5.56 Å². The van der Waals surface area contributed by atoms with Crippen LogP contribution in [0.3, 0.4) is 0 Å². The average molecular weight is 537 g/mol. The zero-order chi connectivity index (χ0) is 27.6. The predicted octanol–water partition coefficient (Wildman–Crippen LogP) is 5.05. The Morgan fingerprint density at radius 1 is 1.03 bits per heavy atom. The lowest BCUT2D eigenvalue weighted by Gasteiger charge is -2.00. The number of nitrogens with one attached hydrogen (secondary N) is 1. The Morgan fingerprint density at radius 2 is 1.65 bits per heavy atom. The Kier molecular flexibility index (Phi) is 14.7. The molecule has 0 saturated carbocycles. The lowest BCUT2D eigenvalue weighted by Crippen LogP contribution is -2.23. The van der Waals surface area contributed by atoms with E-state index < -0.39 is 5.92 Å². The van der Waals surface area contributed by atoms with Crippen LogP contribution < -0.4 is 11.5 Å². The smallest absolute Gasteiger partial charge is 0.163 e. The van der Waals surface area contributed by atoms with Gasteiger partial charge in [-0.25, -0.2) is 9.87 Å². The molecule has 2 aromatic heterocycles. The van der Waals surface area contributed by atoms with Gasteiger partial charge in [-0.15, -0.1) is 11.3 Å². The fourth-order valence-corrected chi connectivity index (χ4v) is 3.63. The van der Waals surface area contributed by atoms with Gasteiger partial charge in [0.05, 0.1) is 52.2 Å². The highest BCUT2D eigenvalue weighted by molar-refractivity contribution is 7.94. The third-order valence-corrected chi connectivity index (χ3v) is 5.85. The van der Waals surface area contributed by atoms with Crippen molar-refractivity contribution in [1.82, 2.24) is 15.2 Å². The zero-order valence-corrected chi connectivity index (χ0v) is 22.5. The number of aromatic amines is 1. The first-order valence-corrected chi connectivity index (χ1v) is 12.3. The van der Waals surface area contributed by atoms with Crippen molar-refractivity contribution in [2.75, 3.05) is 12.8 Å². The van der Waals surface area contributed by atoms with Gasteiger partial charge < -0.3 is 11.5 Å². The Bertz CT molecular complexity index is 1270. The van der Waals surface area contributed by atoms with E-state index in [2.05, 4.69) is 30.5 Å². The minimum absolute atomic E-state index is 0.273. The first kappa shape index (κ1) is 31.1. The monoisotopic (exact) mass is 536 g/mol. The number of nitrogens with two attached hydrogens (primary N) is 2. The Morgan fingerprint density at radius 3 is 2.08 bits per heavy atom. The summed E-state index contributed by atoms with van der Waals surface area (Å²) in [6, 6.07) is 23.0. The maximum atomic E-state index is 8.40. The molecule has 10 nitrogen and oxygen atoms in total. The molecule has 0 fully saturated rings. The number of nitriles is 3. The fraction of sp³-hybridized carbons (Fsp3) is 0.240. The summed E-state index contributed by atoms with van der Waals surface area (Å²) in [4.78, 5) is 9.77. The molecular weight excluding hydrogens is 508 g/mol. The van der Waals surface area contributed by atoms with E-state index in [4.69, 9.17) is 27.3 Å². The number of aromatic nitrogens is 3. The van der Waals surface area contributed by atoms with Crippen LogP contribution in [0.5, 0.6) is 0 Å². The maximum Gasteiger partial charge on any atom is 0.163 e. The van der Waals surface area contributed by atoms with Crippen molar-refractivity contribution in [2.24, 2.45) is 11.7 Å². The molecule has 37 heavy (non-hydrogen) atoms. The van der Waals surface area contributed by atoms with Gasteiger partial charge in [0.25, 0.3) is 0 Å². The summed E-state index contributed by atoms with van der Waals surface area (Å²) in [6.07, 6.45) is 0. The van der Waals surface area contributed by atoms with Gasteiger partial charge >= 0.3 is 0 Å². The number of nitrogen functional groups attached to an aromatic ring is 1. The van der Waals surface area contributed by atoms with Gasteiger partial charge in [0, 0.05) is 10.9 Å². The van der Waals surface area contributed by atoms with Crippen LogP contribution in [0.25, 0.3) is 10.2 Å². The van der Waals surface area contributed by atoms with Gasteiger partial charge in [0.15, 0.2) is 5.82 Å². The lowest BCUT2D eigenvalue weighted by atomic mass is 10.1. The molecule has 0 saturated heterocycles. The van der Waals surface area contributed by atoms with Crippen LogP contribution in [0, 0.1) is 53.8 Å². The van der Waals surface area contributed by atoms with Crippen LogP contribution in [0.4, 0.5) is 5.82 Å². The molecule has 192 valence electrons. The van der Waals surface area contributed by atoms with Crippen molar-refractivity contribution in [3.05, 3.63) is 70.9 Å². The molecular formula is C25H28N8O2S2. The number of anilines is 1. The van der Waals surface area contributed by atoms with E-state index in [9.17, 15) is 0 Å². The van der Waals surface area contributed by atoms with E-state index in [-0.39, 0.29) is 11.9 Å². The van der Waals surface area contributed by atoms with Crippen molar-refractivity contribution in [3.8, 4) is 18.2 Å². The first-order valence-electron chi connectivity index (χ1n) is 10.8. The van der Waals surface area contributed by atoms with Crippen LogP contribution in [0.15, 0.2) is 59.5 Å². The molecule has 2 aromatic carbocycles. The van der Waals surface area contributed by atoms with E-state index in [0.717, 1.165) is 21.1 Å². The molecule has 4 aromatic rings. The average Bonchev–Trinajstić information content (AvgIpc) is 3.44. The van der Waals surface area contributed by atoms with Crippen molar-refractivity contribution in [3.63, 3.8) is 0 Å². The highest BCUT2D eigenvalue weighted by atomic mass is 32.2. The highest BCUT2D eigenvalue weighted by Gasteiger charge is 2.09. The number of para-hydroxylation sites is 1. The van der Waals surface area contributed by atoms with Crippen LogP contribution >= 0.6 is 23.4 Å². The SMILES string of the molecule is CC(N)C(C#N)C#N.COOSc1ccccc1.Cc1[nH]nc(N)c1C#N.Cc1nc2ccccc2s1. The maximum absolute atomic E-state index is 8.40. The number of fused-ring (bicyclic) bond motifs is 1. The van der Waals surface area contributed by atoms with Crippen LogP contribution in [-0.2, 0) is 9.22 Å². The largest absolute Gasteiger partial charge is 0.381 e. The molecule has 0 aliphatic carbocycles. The van der Waals surface area contributed by atoms with E-state index in [1.165, 1.54) is 23.9 Å². The third kappa shape index (κ3) is 11.5. The summed E-state index contributed by atoms with van der Waals surface area (Å²) in [5.41, 5.74) is 12.8. The number of hydrogen-bond donors (Lipinski definition) is 3. The van der Waals surface area contributed by atoms with Gasteiger partial charge in [-0.1, -0.05) is 30.3 Å². The molecule has 2 heterocycles. The molecule has 0 bridgehead atoms. The second-order valence-corrected chi connectivity index (χ2v) is 9.16. The molecule has 0 radical (unpaired) electrons. The van der Waals surface area contributed by atoms with Crippen LogP contribution in [-0.4, -0.2) is 28.3 Å². The third-order valence-electron chi connectivity index (χ3n) is 4.23. The molecule has 1 unspecified atom stereocenters. The summed E-state index contributed by atoms with van der Waals surface area (Å²) >= 11 is 2.94. The molecule has 1 atom stereocenters. The second kappa shape index (κ2) is 17.5. The van der Waals surface area contributed by atoms with Crippen molar-refractivity contribution >= 4 is 39.4 Å². The van der Waals surface area contributed by atoms with Crippen molar-refractivity contribution < 1.29 is 9.22 Å². The minimum atomic E-state index is -0.657. The predicted molar refractivity (Wildman–Crippen MR) is 146 cm³/mol. The molecule has 5 N–H and O–H groups in total. The molecule has 0 aliphatic heterocycles. The van der Waals surface area contributed by atoms with Crippen LogP contribution in [0.2, 0.25) is 0 Å². The van der Waals surface area contributed by atoms with E-state index in [1.807, 2.05) is 61.5 Å². The number of thiazole rings is 1. The van der Waals surface area contributed by atoms with Gasteiger partial charge in [-0.2, -0.15) is 25.2 Å². The Labute approximate surface area is 224 Å². The number of aryl methyl sites for hydroxylation is 2. The quantitative estimate of drug-likeness (QED) is 0.181. The molecule has 12 heteroatoms. The highest BCUT2D eigenvalue weighted by Crippen LogP contribution is 2.20. The number of benzene rings is 2. The second-order valence-electron chi connectivity index (χ2n) is 7.15. The molecule has 0 amide bonds. The Balaban J connectivity index is 0.000000248. The fourth-order valence-electron chi connectivity index (χ4n) is 2.39. The molecule has 0 aliphatic rings. The number of rotatable bonds is 4. The van der Waals surface area contributed by atoms with Gasteiger partial charge in [-0.3, -0.25) is 5.10 Å². The van der Waals surface area contributed by atoms with Gasteiger partial charge in [0.1, 0.15) is 17.6 Å². The van der Waals surface area contributed by atoms with Gasteiger partial charge in [0.2, 0.25) is 0 Å². The summed E-state index contributed by atoms with van der Waals surface area (Å²) in [5, 5.41) is 32.0. The summed E-state index contributed by atoms with van der Waals surface area (Å²) in [5.74, 6) is -0.384. The number of hydrogen-bond acceptors (Lipinski definition) is 11. The summed E-state index contributed by atoms with van der Waals surface area (Å²) < 4.78 is 5.91. The van der Waals surface area contributed by atoms with Crippen LogP contribution in [0.1, 0.15) is 23.2 Å². The lowest BCUT2D eigenvalue weighted by molar-refractivity contribution is -0.160.